The van der Waals surface area contributed by atoms with Gasteiger partial charge in [0.05, 0.1) is 36.6 Å². The third-order valence-electron chi connectivity index (χ3n) is 7.01. The molecule has 8 nitrogen and oxygen atoms in total. The molecule has 9 heteroatoms. The number of benzene rings is 3. The number of hydrogen-bond acceptors (Lipinski definition) is 6. The first kappa shape index (κ1) is 28.3. The van der Waals surface area contributed by atoms with Gasteiger partial charge in [-0.3, -0.25) is 14.5 Å². The lowest BCUT2D eigenvalue weighted by atomic mass is 9.98. The molecule has 0 spiro atoms. The number of aryl methyl sites for hydroxylation is 1. The topological polar surface area (TPSA) is 85.7 Å². The Morgan fingerprint density at radius 3 is 2.49 bits per heavy atom. The molecule has 0 fully saturated rings. The zero-order valence-corrected chi connectivity index (χ0v) is 24.5. The maximum atomic E-state index is 13.9. The van der Waals surface area contributed by atoms with Crippen molar-refractivity contribution in [3.05, 3.63) is 89.5 Å². The van der Waals surface area contributed by atoms with E-state index in [1.807, 2.05) is 86.6 Å². The maximum absolute atomic E-state index is 13.9. The van der Waals surface area contributed by atoms with Crippen molar-refractivity contribution in [2.75, 3.05) is 38.0 Å². The fourth-order valence-electron chi connectivity index (χ4n) is 4.95. The van der Waals surface area contributed by atoms with Gasteiger partial charge in [-0.25, -0.2) is 4.68 Å². The van der Waals surface area contributed by atoms with Crippen LogP contribution in [0.25, 0.3) is 16.9 Å². The second-order valence-corrected chi connectivity index (χ2v) is 10.9. The summed E-state index contributed by atoms with van der Waals surface area (Å²) >= 11 is 1.49. The Hall–Kier alpha value is -4.24. The van der Waals surface area contributed by atoms with Crippen molar-refractivity contribution in [1.29, 1.82) is 0 Å². The van der Waals surface area contributed by atoms with Crippen LogP contribution in [0.3, 0.4) is 0 Å². The van der Waals surface area contributed by atoms with Crippen molar-refractivity contribution in [1.82, 2.24) is 15.1 Å². The highest BCUT2D eigenvalue weighted by molar-refractivity contribution is 8.00. The smallest absolute Gasteiger partial charge is 0.240 e. The van der Waals surface area contributed by atoms with Crippen molar-refractivity contribution in [3.8, 4) is 28.4 Å². The van der Waals surface area contributed by atoms with Crippen LogP contribution in [0, 0.1) is 6.92 Å². The molecule has 0 radical (unpaired) electrons. The maximum Gasteiger partial charge on any atom is 0.240 e. The Bertz CT molecular complexity index is 1540. The quantitative estimate of drug-likeness (QED) is 0.284. The van der Waals surface area contributed by atoms with Gasteiger partial charge in [0.2, 0.25) is 11.8 Å². The number of nitrogens with zero attached hydrogens (tertiary/aromatic N) is 3. The van der Waals surface area contributed by atoms with Crippen LogP contribution in [0.15, 0.2) is 72.8 Å². The lowest BCUT2D eigenvalue weighted by molar-refractivity contribution is -0.122. The van der Waals surface area contributed by atoms with Crippen LogP contribution in [0.5, 0.6) is 11.5 Å². The fraction of sp³-hybridized carbons (Fsp3) is 0.281. The highest BCUT2D eigenvalue weighted by Crippen LogP contribution is 2.51. The molecule has 0 saturated heterocycles. The number of nitrogens with one attached hydrogen (secondary N) is 1. The Kier molecular flexibility index (Phi) is 8.64. The molecule has 1 N–H and O–H groups in total. The Morgan fingerprint density at radius 2 is 1.80 bits per heavy atom. The molecule has 5 rings (SSSR count). The lowest BCUT2D eigenvalue weighted by Gasteiger charge is -2.23. The number of carbonyl (C=O) groups excluding carboxylic acids is 2. The van der Waals surface area contributed by atoms with Gasteiger partial charge >= 0.3 is 0 Å². The Labute approximate surface area is 244 Å². The average molecular weight is 571 g/mol. The van der Waals surface area contributed by atoms with E-state index in [1.54, 1.807) is 23.8 Å². The minimum Gasteiger partial charge on any atom is -0.497 e. The van der Waals surface area contributed by atoms with Crippen molar-refractivity contribution in [2.24, 2.45) is 0 Å². The number of rotatable bonds is 9. The number of aromatic nitrogens is 2. The Morgan fingerprint density at radius 1 is 1.05 bits per heavy atom. The molecule has 41 heavy (non-hydrogen) atoms. The van der Waals surface area contributed by atoms with E-state index in [9.17, 15) is 9.59 Å². The van der Waals surface area contributed by atoms with Gasteiger partial charge in [-0.15, -0.1) is 11.8 Å². The van der Waals surface area contributed by atoms with Crippen molar-refractivity contribution in [3.63, 3.8) is 0 Å². The largest absolute Gasteiger partial charge is 0.497 e. The molecule has 2 amide bonds. The van der Waals surface area contributed by atoms with Crippen LogP contribution in [-0.2, 0) is 9.59 Å². The van der Waals surface area contributed by atoms with E-state index in [2.05, 4.69) is 5.32 Å². The molecule has 0 saturated carbocycles. The number of amides is 2. The lowest BCUT2D eigenvalue weighted by Crippen LogP contribution is -2.42. The average Bonchev–Trinajstić information content (AvgIpc) is 3.33. The molecule has 0 bridgehead atoms. The first-order valence-corrected chi connectivity index (χ1v) is 14.7. The number of hydrogen-bond donors (Lipinski definition) is 1. The molecule has 2 heterocycles. The van der Waals surface area contributed by atoms with Gasteiger partial charge in [0.1, 0.15) is 23.9 Å². The van der Waals surface area contributed by atoms with Crippen LogP contribution in [0.2, 0.25) is 0 Å². The summed E-state index contributed by atoms with van der Waals surface area (Å²) in [5.41, 5.74) is 5.25. The number of fused-ring (bicyclic) bond motifs is 1. The molecular formula is C32H34N4O4S. The molecular weight excluding hydrogens is 536 g/mol. The van der Waals surface area contributed by atoms with Gasteiger partial charge in [-0.05, 0) is 43.7 Å². The van der Waals surface area contributed by atoms with Crippen LogP contribution in [-0.4, -0.2) is 54.7 Å². The first-order chi connectivity index (χ1) is 19.9. The third kappa shape index (κ3) is 5.81. The molecule has 4 aromatic rings. The molecule has 212 valence electrons. The second kappa shape index (κ2) is 12.5. The highest BCUT2D eigenvalue weighted by atomic mass is 32.2. The summed E-state index contributed by atoms with van der Waals surface area (Å²) in [6.45, 7) is 4.45. The summed E-state index contributed by atoms with van der Waals surface area (Å²) in [4.78, 5) is 28.5. The number of thioether (sulfide) groups is 1. The van der Waals surface area contributed by atoms with Crippen molar-refractivity contribution in [2.45, 2.75) is 25.5 Å². The first-order valence-electron chi connectivity index (χ1n) is 13.6. The molecule has 1 aromatic heterocycles. The summed E-state index contributed by atoms with van der Waals surface area (Å²) in [7, 11) is 3.26. The van der Waals surface area contributed by atoms with E-state index >= 15 is 0 Å². The molecule has 1 aliphatic heterocycles. The van der Waals surface area contributed by atoms with Gasteiger partial charge in [0.25, 0.3) is 0 Å². The predicted molar refractivity (Wildman–Crippen MR) is 163 cm³/mol. The van der Waals surface area contributed by atoms with Crippen LogP contribution in [0.1, 0.15) is 35.3 Å². The molecule has 1 atom stereocenters. The van der Waals surface area contributed by atoms with Crippen LogP contribution < -0.4 is 19.7 Å². The number of anilines is 1. The second-order valence-electron chi connectivity index (χ2n) is 9.83. The van der Waals surface area contributed by atoms with Crippen LogP contribution >= 0.6 is 11.8 Å². The van der Waals surface area contributed by atoms with Gasteiger partial charge in [-0.2, -0.15) is 5.10 Å². The minimum absolute atomic E-state index is 0.111. The molecule has 1 aliphatic rings. The zero-order valence-electron chi connectivity index (χ0n) is 23.7. The van der Waals surface area contributed by atoms with E-state index in [0.717, 1.165) is 40.1 Å². The number of ether oxygens (including phenoxy) is 2. The summed E-state index contributed by atoms with van der Waals surface area (Å²) in [6, 6.07) is 23.6. The highest BCUT2D eigenvalue weighted by Gasteiger charge is 2.38. The van der Waals surface area contributed by atoms with E-state index in [1.165, 1.54) is 11.8 Å². The minimum atomic E-state index is -0.336. The third-order valence-corrected chi connectivity index (χ3v) is 8.24. The van der Waals surface area contributed by atoms with Gasteiger partial charge < -0.3 is 14.8 Å². The fourth-order valence-corrected chi connectivity index (χ4v) is 6.16. The molecule has 3 aromatic carbocycles. The van der Waals surface area contributed by atoms with Crippen molar-refractivity contribution >= 4 is 29.4 Å². The van der Waals surface area contributed by atoms with E-state index < -0.39 is 0 Å². The normalized spacial score (nSPS) is 14.8. The van der Waals surface area contributed by atoms with Crippen molar-refractivity contribution < 1.29 is 19.1 Å². The number of methoxy groups -OCH3 is 2. The predicted octanol–water partition coefficient (Wildman–Crippen LogP) is 5.56. The summed E-state index contributed by atoms with van der Waals surface area (Å²) < 4.78 is 13.2. The van der Waals surface area contributed by atoms with E-state index in [-0.39, 0.29) is 29.4 Å². The SMILES string of the molecule is CCCNC(=O)CN1C(=O)CSC(c2cc(OC)ccc2OC)c2c(-c3ccccc3)nn(-c3ccc(C)cc3)c21. The molecule has 0 aliphatic carbocycles. The van der Waals surface area contributed by atoms with Gasteiger partial charge in [0.15, 0.2) is 0 Å². The summed E-state index contributed by atoms with van der Waals surface area (Å²) in [6.07, 6.45) is 0.804. The standard InChI is InChI=1S/C32H34N4O4S/c1-5-17-33-27(37)19-35-28(38)20-41-31(25-18-24(39-3)15-16-26(25)40-4)29-30(22-9-7-6-8-10-22)34-36(32(29)35)23-13-11-21(2)12-14-23/h6-16,18,31H,5,17,19-20H2,1-4H3,(H,33,37). The summed E-state index contributed by atoms with van der Waals surface area (Å²) in [5.74, 6) is 1.72. The van der Waals surface area contributed by atoms with Gasteiger partial charge in [0, 0.05) is 23.2 Å². The summed E-state index contributed by atoms with van der Waals surface area (Å²) in [5, 5.41) is 7.73. The monoisotopic (exact) mass is 570 g/mol. The van der Waals surface area contributed by atoms with E-state index in [4.69, 9.17) is 14.6 Å². The van der Waals surface area contributed by atoms with Gasteiger partial charge in [-0.1, -0.05) is 55.0 Å². The zero-order chi connectivity index (χ0) is 28.9. The van der Waals surface area contributed by atoms with Crippen LogP contribution in [0.4, 0.5) is 5.82 Å². The van der Waals surface area contributed by atoms with E-state index in [0.29, 0.717) is 23.9 Å². The Balaban J connectivity index is 1.82. The molecule has 1 unspecified atom stereocenters. The number of carbonyl (C=O) groups is 2.